The van der Waals surface area contributed by atoms with Gasteiger partial charge in [0.25, 0.3) is 0 Å². The summed E-state index contributed by atoms with van der Waals surface area (Å²) in [7, 11) is -3.68. The second-order valence-corrected chi connectivity index (χ2v) is 22.0. The van der Waals surface area contributed by atoms with E-state index in [0.717, 1.165) is 98.9 Å². The molecule has 7 heteroatoms. The maximum atomic E-state index is 9.56. The Bertz CT molecular complexity index is 4120. The molecule has 9 aromatic carbocycles. The Morgan fingerprint density at radius 1 is 0.522 bits per heavy atom. The zero-order valence-electron chi connectivity index (χ0n) is 40.5. The van der Waals surface area contributed by atoms with Gasteiger partial charge in [0, 0.05) is 43.7 Å². The van der Waals surface area contributed by atoms with Gasteiger partial charge in [0.15, 0.2) is 8.07 Å². The fraction of sp³-hybridized carbons (Fsp3) is 0.0484. The monoisotopic (exact) mass is 904 g/mol. The van der Waals surface area contributed by atoms with Crippen LogP contribution in [0.2, 0.25) is 0 Å². The second-order valence-electron chi connectivity index (χ2n) is 18.3. The van der Waals surface area contributed by atoms with Crippen molar-refractivity contribution in [1.29, 1.82) is 0 Å². The fourth-order valence-electron chi connectivity index (χ4n) is 11.5. The van der Waals surface area contributed by atoms with Crippen molar-refractivity contribution in [3.05, 3.63) is 236 Å². The topological polar surface area (TPSA) is 57.2 Å². The van der Waals surface area contributed by atoms with Gasteiger partial charge >= 0.3 is 0 Å². The molecular formula is C62H43N5OSi. The maximum absolute atomic E-state index is 9.56. The largest absolute Gasteiger partial charge is 0.457 e. The number of imidazole rings is 2. The maximum Gasteiger partial charge on any atom is 0.220 e. The van der Waals surface area contributed by atoms with Gasteiger partial charge in [0.05, 0.1) is 27.8 Å². The highest BCUT2D eigenvalue weighted by molar-refractivity contribution is 7.20. The molecule has 0 saturated heterocycles. The quantitative estimate of drug-likeness (QED) is 0.128. The summed E-state index contributed by atoms with van der Waals surface area (Å²) < 4.78 is 40.5. The summed E-state index contributed by atoms with van der Waals surface area (Å²) in [4.78, 5) is 14.8. The summed E-state index contributed by atoms with van der Waals surface area (Å²) in [6.45, 7) is -0.631. The molecule has 12 aromatic rings. The fourth-order valence-corrected chi connectivity index (χ4v) is 16.4. The van der Waals surface area contributed by atoms with E-state index in [1.54, 1.807) is 6.33 Å². The normalized spacial score (nSPS) is 15.5. The smallest absolute Gasteiger partial charge is 0.220 e. The number of fused-ring (bicyclic) bond motifs is 15. The molecule has 1 atom stereocenters. The van der Waals surface area contributed by atoms with Crippen molar-refractivity contribution in [2.45, 2.75) is 19.2 Å². The average molecular weight is 905 g/mol. The summed E-state index contributed by atoms with van der Waals surface area (Å²) in [5.41, 5.74) is 12.5. The van der Waals surface area contributed by atoms with E-state index in [1.165, 1.54) is 0 Å². The van der Waals surface area contributed by atoms with Crippen LogP contribution in [0.3, 0.4) is 0 Å². The highest BCUT2D eigenvalue weighted by Crippen LogP contribution is 2.50. The van der Waals surface area contributed by atoms with E-state index >= 15 is 0 Å². The molecule has 326 valence electrons. The van der Waals surface area contributed by atoms with Gasteiger partial charge in [-0.3, -0.25) is 8.97 Å². The third-order valence-corrected chi connectivity index (χ3v) is 19.3. The Hall–Kier alpha value is -8.65. The van der Waals surface area contributed by atoms with Crippen LogP contribution in [0.25, 0.3) is 78.2 Å². The third kappa shape index (κ3) is 5.62. The number of aromatic nitrogens is 5. The predicted octanol–water partition coefficient (Wildman–Crippen LogP) is 12.0. The van der Waals surface area contributed by atoms with Crippen LogP contribution in [0.5, 0.6) is 11.5 Å². The lowest BCUT2D eigenvalue weighted by atomic mass is 9.75. The van der Waals surface area contributed by atoms with E-state index < -0.39 is 20.3 Å². The Kier molecular flexibility index (Phi) is 7.89. The molecule has 3 aromatic heterocycles. The van der Waals surface area contributed by atoms with Crippen LogP contribution in [0.1, 0.15) is 29.0 Å². The molecule has 1 aliphatic carbocycles. The summed E-state index contributed by atoms with van der Waals surface area (Å²) >= 11 is 0. The molecule has 0 radical (unpaired) electrons. The van der Waals surface area contributed by atoms with Crippen LogP contribution in [0, 0.1) is 0 Å². The summed E-state index contributed by atoms with van der Waals surface area (Å²) in [6.07, 6.45) is 3.56. The van der Waals surface area contributed by atoms with Crippen LogP contribution >= 0.6 is 0 Å². The molecular weight excluding hydrogens is 859 g/mol. The Labute approximate surface area is 404 Å². The molecule has 0 spiro atoms. The molecule has 0 fully saturated rings. The lowest BCUT2D eigenvalue weighted by Crippen LogP contribution is -2.75. The highest BCUT2D eigenvalue weighted by atomic mass is 28.3. The van der Waals surface area contributed by atoms with Gasteiger partial charge in [-0.05, 0) is 91.0 Å². The van der Waals surface area contributed by atoms with E-state index in [9.17, 15) is 4.11 Å². The van der Waals surface area contributed by atoms with E-state index in [1.807, 2.05) is 55.6 Å². The van der Waals surface area contributed by atoms with Crippen LogP contribution in [-0.2, 0) is 5.41 Å². The first-order valence-corrected chi connectivity index (χ1v) is 25.3. The number of para-hydroxylation sites is 5. The van der Waals surface area contributed by atoms with Crippen LogP contribution in [0.15, 0.2) is 225 Å². The minimum absolute atomic E-state index is 0.527. The molecule has 0 bridgehead atoms. The van der Waals surface area contributed by atoms with Crippen molar-refractivity contribution in [2.75, 3.05) is 0 Å². The standard InChI is InChI=1S/C62H43N5OSi/c1-62(2)51-27-13-18-32-57(51)68-60-52(62)35-40(66-55-30-16-17-31-56(55)67-54-29-15-14-28-53(54)65-61(66)67)36-58(60)69(41-19-5-3-6-20-41,42-21-7-4-8-22-42)43-33-34-47-44-23-11-12-26-48(44)59-50(38-63-39-64-59)46-25-10-9-24-45(46)49(47)37-43/h3-39H,1-2H3/i1D3. The molecule has 69 heavy (non-hydrogen) atoms. The average Bonchev–Trinajstić information content (AvgIpc) is 3.96. The van der Waals surface area contributed by atoms with Gasteiger partial charge in [0.2, 0.25) is 5.78 Å². The van der Waals surface area contributed by atoms with E-state index in [4.69, 9.17) is 14.7 Å². The van der Waals surface area contributed by atoms with Gasteiger partial charge < -0.3 is 4.74 Å². The molecule has 2 aliphatic rings. The molecule has 14 rings (SSSR count). The van der Waals surface area contributed by atoms with Gasteiger partial charge in [-0.2, -0.15) is 0 Å². The predicted molar refractivity (Wildman–Crippen MR) is 283 cm³/mol. The zero-order chi connectivity index (χ0) is 48.3. The van der Waals surface area contributed by atoms with Crippen molar-refractivity contribution in [2.24, 2.45) is 0 Å². The van der Waals surface area contributed by atoms with Crippen LogP contribution < -0.4 is 25.5 Å². The summed E-state index contributed by atoms with van der Waals surface area (Å²) in [5.74, 6) is 1.81. The van der Waals surface area contributed by atoms with Crippen molar-refractivity contribution in [3.63, 3.8) is 0 Å². The Morgan fingerprint density at radius 3 is 1.88 bits per heavy atom. The lowest BCUT2D eigenvalue weighted by Gasteiger charge is -2.41. The van der Waals surface area contributed by atoms with Gasteiger partial charge in [-0.25, -0.2) is 15.0 Å². The van der Waals surface area contributed by atoms with E-state index in [2.05, 4.69) is 184 Å². The first-order chi connectivity index (χ1) is 35.2. The molecule has 0 amide bonds. The SMILES string of the molecule is [2H]C([2H])([2H])C1(C)c2ccccc2Oc2c1cc(-n1c3ccccc3n3c4ccccc4nc13)cc2[Si](c1ccccc1)(c1ccccc1)c1ccc2c(c1)-c1ccccc1-c1cncnc1-c1ccccc1-2. The first kappa shape index (κ1) is 36.5. The van der Waals surface area contributed by atoms with Gasteiger partial charge in [-0.1, -0.05) is 184 Å². The number of hydrogen-bond donors (Lipinski definition) is 0. The van der Waals surface area contributed by atoms with Crippen LogP contribution in [0.4, 0.5) is 0 Å². The Morgan fingerprint density at radius 2 is 1.13 bits per heavy atom. The second kappa shape index (κ2) is 14.9. The molecule has 1 aliphatic heterocycles. The zero-order valence-corrected chi connectivity index (χ0v) is 38.5. The van der Waals surface area contributed by atoms with Crippen molar-refractivity contribution in [1.82, 2.24) is 23.9 Å². The first-order valence-electron chi connectivity index (χ1n) is 24.8. The minimum atomic E-state index is -3.68. The van der Waals surface area contributed by atoms with Gasteiger partial charge in [0.1, 0.15) is 17.8 Å². The number of nitrogens with zero attached hydrogens (tertiary/aromatic N) is 5. The number of ether oxygens (including phenoxy) is 1. The van der Waals surface area contributed by atoms with Crippen molar-refractivity contribution in [3.8, 4) is 61.8 Å². The number of benzene rings is 9. The molecule has 0 N–H and O–H groups in total. The van der Waals surface area contributed by atoms with E-state index in [0.29, 0.717) is 22.6 Å². The van der Waals surface area contributed by atoms with E-state index in [-0.39, 0.29) is 0 Å². The molecule has 6 nitrogen and oxygen atoms in total. The lowest BCUT2D eigenvalue weighted by molar-refractivity contribution is 0.421. The van der Waals surface area contributed by atoms with Crippen molar-refractivity contribution < 1.29 is 8.85 Å². The number of rotatable bonds is 5. The van der Waals surface area contributed by atoms with Crippen molar-refractivity contribution >= 4 is 56.7 Å². The number of hydrogen-bond acceptors (Lipinski definition) is 4. The highest BCUT2D eigenvalue weighted by Gasteiger charge is 2.48. The summed E-state index contributed by atoms with van der Waals surface area (Å²) in [5, 5.41) is 4.24. The van der Waals surface area contributed by atoms with Crippen LogP contribution in [-0.4, -0.2) is 32.0 Å². The molecule has 4 heterocycles. The minimum Gasteiger partial charge on any atom is -0.457 e. The molecule has 0 saturated carbocycles. The third-order valence-electron chi connectivity index (χ3n) is 14.6. The summed E-state index contributed by atoms with van der Waals surface area (Å²) in [6, 6.07) is 74.3. The molecule has 1 unspecified atom stereocenters. The van der Waals surface area contributed by atoms with Gasteiger partial charge in [-0.15, -0.1) is 0 Å². The Balaban J connectivity index is 1.17.